The number of nitrogens with zero attached hydrogens (tertiary/aromatic N) is 3. The maximum Gasteiger partial charge on any atom is 0.340 e. The fourth-order valence-corrected chi connectivity index (χ4v) is 4.70. The van der Waals surface area contributed by atoms with Crippen LogP contribution in [0.15, 0.2) is 60.7 Å². The molecule has 1 aromatic heterocycles. The van der Waals surface area contributed by atoms with E-state index in [1.165, 1.54) is 23.8 Å². The van der Waals surface area contributed by atoms with E-state index in [0.29, 0.717) is 5.56 Å². The topological polar surface area (TPSA) is 39.4 Å². The van der Waals surface area contributed by atoms with Crippen molar-refractivity contribution < 1.29 is 9.53 Å². The number of aromatic nitrogens is 2. The van der Waals surface area contributed by atoms with Gasteiger partial charge >= 0.3 is 5.97 Å². The lowest BCUT2D eigenvalue weighted by atomic mass is 9.95. The van der Waals surface area contributed by atoms with Crippen molar-refractivity contribution in [2.45, 2.75) is 20.0 Å². The second-order valence-electron chi connectivity index (χ2n) is 8.13. The van der Waals surface area contributed by atoms with Gasteiger partial charge in [0.2, 0.25) is 0 Å². The van der Waals surface area contributed by atoms with Crippen molar-refractivity contribution in [3.05, 3.63) is 71.8 Å². The smallest absolute Gasteiger partial charge is 0.340 e. The molecule has 0 saturated carbocycles. The Bertz CT molecular complexity index is 1260. The maximum absolute atomic E-state index is 12.5. The molecular weight excluding hydrogens is 386 g/mol. The van der Waals surface area contributed by atoms with E-state index in [2.05, 4.69) is 75.8 Å². The first-order chi connectivity index (χ1) is 15.1. The number of benzene rings is 3. The molecule has 0 saturated heterocycles. The van der Waals surface area contributed by atoms with Crippen LogP contribution in [0.3, 0.4) is 0 Å². The van der Waals surface area contributed by atoms with Crippen molar-refractivity contribution in [2.24, 2.45) is 7.05 Å². The number of ether oxygens (including phenoxy) is 1. The van der Waals surface area contributed by atoms with Crippen LogP contribution in [0.5, 0.6) is 0 Å². The number of aryl methyl sites for hydroxylation is 1. The van der Waals surface area contributed by atoms with Crippen molar-refractivity contribution in [3.63, 3.8) is 0 Å². The monoisotopic (exact) mass is 413 g/mol. The van der Waals surface area contributed by atoms with Crippen LogP contribution in [0.4, 0.5) is 0 Å². The van der Waals surface area contributed by atoms with Gasteiger partial charge in [-0.3, -0.25) is 14.3 Å². The van der Waals surface area contributed by atoms with Gasteiger partial charge in [-0.1, -0.05) is 55.5 Å². The number of methoxy groups -OCH3 is 1. The number of hydrogen-bond acceptors (Lipinski definition) is 3. The van der Waals surface area contributed by atoms with E-state index >= 15 is 0 Å². The first kappa shape index (κ1) is 19.6. The average molecular weight is 414 g/mol. The zero-order valence-electron chi connectivity index (χ0n) is 18.3. The summed E-state index contributed by atoms with van der Waals surface area (Å²) in [6.45, 7) is 5.89. The number of esters is 1. The molecule has 4 aromatic rings. The molecule has 0 atom stereocenters. The van der Waals surface area contributed by atoms with Gasteiger partial charge in [-0.25, -0.2) is 4.79 Å². The summed E-state index contributed by atoms with van der Waals surface area (Å²) >= 11 is 0. The third-order valence-corrected chi connectivity index (χ3v) is 6.47. The predicted molar refractivity (Wildman–Crippen MR) is 124 cm³/mol. The van der Waals surface area contributed by atoms with Gasteiger partial charge in [-0.2, -0.15) is 0 Å². The molecule has 0 fully saturated rings. The molecule has 31 heavy (non-hydrogen) atoms. The fourth-order valence-electron chi connectivity index (χ4n) is 4.70. The summed E-state index contributed by atoms with van der Waals surface area (Å²) in [7, 11) is 3.45. The van der Waals surface area contributed by atoms with Gasteiger partial charge < -0.3 is 4.74 Å². The van der Waals surface area contributed by atoms with Gasteiger partial charge in [0.1, 0.15) is 0 Å². The second-order valence-corrected chi connectivity index (χ2v) is 8.13. The Balaban J connectivity index is 1.72. The molecule has 4 bridgehead atoms. The lowest BCUT2D eigenvalue weighted by Crippen LogP contribution is -2.32. The lowest BCUT2D eigenvalue weighted by molar-refractivity contribution is 0.0602. The van der Waals surface area contributed by atoms with Gasteiger partial charge in [0.05, 0.1) is 30.3 Å². The van der Waals surface area contributed by atoms with Gasteiger partial charge in [0.25, 0.3) is 0 Å². The van der Waals surface area contributed by atoms with Crippen LogP contribution < -0.4 is 0 Å². The van der Waals surface area contributed by atoms with E-state index < -0.39 is 0 Å². The van der Waals surface area contributed by atoms with E-state index in [9.17, 15) is 4.79 Å². The molecule has 2 aliphatic rings. The number of carbonyl (C=O) groups excluding carboxylic acids is 1. The Hall–Kier alpha value is -3.31. The Morgan fingerprint density at radius 1 is 0.968 bits per heavy atom. The zero-order chi connectivity index (χ0) is 21.5. The number of carbonyl (C=O) groups is 1. The molecule has 0 unspecified atom stereocenters. The van der Waals surface area contributed by atoms with E-state index in [-0.39, 0.29) is 5.97 Å². The predicted octanol–water partition coefficient (Wildman–Crippen LogP) is 4.94. The SMILES string of the molecule is CCN1CCn2c3cc(cc(C(=O)OC)c3n2C)-c2ccc(cc2)-c2ccccc2C1. The second kappa shape index (κ2) is 7.75. The van der Waals surface area contributed by atoms with E-state index in [4.69, 9.17) is 4.74 Å². The largest absolute Gasteiger partial charge is 0.465 e. The Kier molecular flexibility index (Phi) is 4.91. The summed E-state index contributed by atoms with van der Waals surface area (Å²) < 4.78 is 9.41. The van der Waals surface area contributed by atoms with Gasteiger partial charge in [-0.05, 0) is 46.5 Å². The molecule has 5 heteroatoms. The minimum Gasteiger partial charge on any atom is -0.465 e. The molecule has 3 aromatic carbocycles. The van der Waals surface area contributed by atoms with Crippen LogP contribution in [0.1, 0.15) is 22.8 Å². The molecule has 3 heterocycles. The molecule has 0 amide bonds. The molecule has 0 aliphatic carbocycles. The summed E-state index contributed by atoms with van der Waals surface area (Å²) in [6, 6.07) is 21.4. The van der Waals surface area contributed by atoms with Gasteiger partial charge in [0.15, 0.2) is 0 Å². The molecule has 5 nitrogen and oxygen atoms in total. The van der Waals surface area contributed by atoms with Crippen molar-refractivity contribution in [1.29, 1.82) is 0 Å². The molecule has 2 aliphatic heterocycles. The number of fused-ring (bicyclic) bond motifs is 5. The van der Waals surface area contributed by atoms with Crippen LogP contribution in [0.2, 0.25) is 0 Å². The molecule has 0 spiro atoms. The molecule has 158 valence electrons. The highest BCUT2D eigenvalue weighted by atomic mass is 16.5. The fraction of sp³-hybridized carbons (Fsp3) is 0.269. The Morgan fingerprint density at radius 2 is 1.71 bits per heavy atom. The normalized spacial score (nSPS) is 14.0. The summed E-state index contributed by atoms with van der Waals surface area (Å²) in [5.41, 5.74) is 8.59. The first-order valence-electron chi connectivity index (χ1n) is 10.8. The summed E-state index contributed by atoms with van der Waals surface area (Å²) in [6.07, 6.45) is 0. The van der Waals surface area contributed by atoms with E-state index in [1.54, 1.807) is 0 Å². The zero-order valence-corrected chi connectivity index (χ0v) is 18.3. The van der Waals surface area contributed by atoms with Gasteiger partial charge in [0, 0.05) is 20.1 Å². The maximum atomic E-state index is 12.5. The molecule has 0 N–H and O–H groups in total. The Morgan fingerprint density at radius 3 is 2.45 bits per heavy atom. The molecular formula is C26H27N3O2. The third kappa shape index (κ3) is 3.26. The Labute approximate surface area is 182 Å². The third-order valence-electron chi connectivity index (χ3n) is 6.47. The van der Waals surface area contributed by atoms with Crippen LogP contribution in [-0.4, -0.2) is 40.4 Å². The van der Waals surface area contributed by atoms with Crippen molar-refractivity contribution in [3.8, 4) is 22.3 Å². The standard InChI is InChI=1S/C26H27N3O2/c1-4-28-13-14-29-24-16-21(15-23(26(30)31-3)25(24)27(29)2)18-9-11-19(12-10-18)22-8-6-5-7-20(22)17-28/h5-12,15-16H,4,13-14,17H2,1-3H3. The highest BCUT2D eigenvalue weighted by Crippen LogP contribution is 2.33. The minimum absolute atomic E-state index is 0.300. The van der Waals surface area contributed by atoms with Crippen molar-refractivity contribution in [1.82, 2.24) is 14.3 Å². The summed E-state index contributed by atoms with van der Waals surface area (Å²) in [4.78, 5) is 15.0. The average Bonchev–Trinajstić information content (AvgIpc) is 2.81. The first-order valence-corrected chi connectivity index (χ1v) is 10.8. The number of likely N-dealkylation sites (N-methyl/N-ethyl adjacent to an activating group) is 1. The van der Waals surface area contributed by atoms with Crippen molar-refractivity contribution >= 4 is 17.0 Å². The summed E-state index contributed by atoms with van der Waals surface area (Å²) in [5, 5.41) is 0. The van der Waals surface area contributed by atoms with E-state index in [0.717, 1.165) is 48.3 Å². The van der Waals surface area contributed by atoms with E-state index in [1.807, 2.05) is 13.1 Å². The van der Waals surface area contributed by atoms with Crippen LogP contribution in [0, 0.1) is 0 Å². The highest BCUT2D eigenvalue weighted by Gasteiger charge is 2.22. The minimum atomic E-state index is -0.300. The molecule has 0 radical (unpaired) electrons. The van der Waals surface area contributed by atoms with Crippen LogP contribution >= 0.6 is 0 Å². The quantitative estimate of drug-likeness (QED) is 0.437. The summed E-state index contributed by atoms with van der Waals surface area (Å²) in [5.74, 6) is -0.300. The number of rotatable bonds is 2. The van der Waals surface area contributed by atoms with Gasteiger partial charge in [-0.15, -0.1) is 0 Å². The molecule has 6 rings (SSSR count). The highest BCUT2D eigenvalue weighted by molar-refractivity contribution is 6.05. The van der Waals surface area contributed by atoms with Crippen molar-refractivity contribution in [2.75, 3.05) is 20.2 Å². The lowest BCUT2D eigenvalue weighted by Gasteiger charge is -2.29. The van der Waals surface area contributed by atoms with Crippen LogP contribution in [-0.2, 0) is 24.9 Å². The number of hydrogen-bond donors (Lipinski definition) is 0. The van der Waals surface area contributed by atoms with Crippen LogP contribution in [0.25, 0.3) is 33.3 Å².